The lowest BCUT2D eigenvalue weighted by molar-refractivity contribution is 0.0255. The molecule has 2 amide bonds. The molecule has 0 bridgehead atoms. The molecular weight excluding hydrogens is 482 g/mol. The molecule has 13 heteroatoms. The van der Waals surface area contributed by atoms with E-state index in [1.165, 1.54) is 17.2 Å². The van der Waals surface area contributed by atoms with Gasteiger partial charge in [-0.15, -0.1) is 0 Å². The van der Waals surface area contributed by atoms with E-state index < -0.39 is 41.4 Å². The molecule has 1 fully saturated rings. The number of carbonyl (C=O) groups excluding carboxylic acids is 1. The Kier molecular flexibility index (Phi) is 5.77. The number of nitrogen functional groups attached to an aromatic ring is 1. The van der Waals surface area contributed by atoms with Crippen LogP contribution in [0.2, 0.25) is 0 Å². The molecule has 0 aliphatic carbocycles. The lowest BCUT2D eigenvalue weighted by Gasteiger charge is -2.41. The van der Waals surface area contributed by atoms with E-state index >= 15 is 0 Å². The summed E-state index contributed by atoms with van der Waals surface area (Å²) in [6.45, 7) is 1.98. The maximum atomic E-state index is 14.4. The van der Waals surface area contributed by atoms with Gasteiger partial charge in [0.15, 0.2) is 23.2 Å². The summed E-state index contributed by atoms with van der Waals surface area (Å²) in [6, 6.07) is 1.14. The average Bonchev–Trinajstić information content (AvgIpc) is 3.38. The highest BCUT2D eigenvalue weighted by atomic mass is 19.2. The number of ether oxygens (including phenoxy) is 1. The van der Waals surface area contributed by atoms with Gasteiger partial charge in [0, 0.05) is 42.9 Å². The summed E-state index contributed by atoms with van der Waals surface area (Å²) in [4.78, 5) is 18.4. The number of benzene rings is 1. The smallest absolute Gasteiger partial charge is 0.341 e. The highest BCUT2D eigenvalue weighted by Crippen LogP contribution is 2.34. The summed E-state index contributed by atoms with van der Waals surface area (Å²) < 4.78 is 63.4. The van der Waals surface area contributed by atoms with Crippen molar-refractivity contribution in [2.75, 3.05) is 18.8 Å². The summed E-state index contributed by atoms with van der Waals surface area (Å²) in [7, 11) is 1.69. The Bertz CT molecular complexity index is 1390. The fourth-order valence-electron chi connectivity index (χ4n) is 4.32. The monoisotopic (exact) mass is 503 g/mol. The largest absolute Gasteiger partial charge is 0.483 e. The van der Waals surface area contributed by atoms with Crippen LogP contribution in [-0.2, 0) is 7.05 Å². The molecule has 5 rings (SSSR count). The first-order valence-corrected chi connectivity index (χ1v) is 11.0. The normalized spacial score (nSPS) is 17.6. The number of nitrogens with two attached hydrogens (primary N) is 1. The molecule has 0 saturated carbocycles. The molecule has 0 radical (unpaired) electrons. The van der Waals surface area contributed by atoms with Crippen LogP contribution >= 0.6 is 0 Å². The van der Waals surface area contributed by atoms with E-state index in [4.69, 9.17) is 10.5 Å². The van der Waals surface area contributed by atoms with Crippen LogP contribution in [0.1, 0.15) is 23.6 Å². The number of anilines is 1. The second-order valence-electron chi connectivity index (χ2n) is 8.59. The zero-order valence-electron chi connectivity index (χ0n) is 19.3. The SMILES string of the molecule is Cc1c(N)nn(C)c1-c1cc(OC2CN(C(=O)N3N=CCC3c3cc(F)cc(F)c3F)C2)c(F)cn1. The highest BCUT2D eigenvalue weighted by molar-refractivity contribution is 5.79. The van der Waals surface area contributed by atoms with Crippen molar-refractivity contribution in [1.82, 2.24) is 24.7 Å². The summed E-state index contributed by atoms with van der Waals surface area (Å²) >= 11 is 0. The third-order valence-electron chi connectivity index (χ3n) is 6.20. The van der Waals surface area contributed by atoms with Crippen LogP contribution in [0.25, 0.3) is 11.4 Å². The van der Waals surface area contributed by atoms with Gasteiger partial charge >= 0.3 is 6.03 Å². The Morgan fingerprint density at radius 1 is 1.14 bits per heavy atom. The van der Waals surface area contributed by atoms with Crippen LogP contribution in [0.15, 0.2) is 29.5 Å². The minimum Gasteiger partial charge on any atom is -0.483 e. The first-order chi connectivity index (χ1) is 17.1. The van der Waals surface area contributed by atoms with E-state index in [-0.39, 0.29) is 30.8 Å². The number of likely N-dealkylation sites (tertiary alicyclic amines) is 1. The highest BCUT2D eigenvalue weighted by Gasteiger charge is 2.40. The quantitative estimate of drug-likeness (QED) is 0.434. The number of urea groups is 1. The molecule has 2 aliphatic heterocycles. The number of hydrogen-bond donors (Lipinski definition) is 1. The van der Waals surface area contributed by atoms with Gasteiger partial charge in [-0.2, -0.15) is 10.2 Å². The van der Waals surface area contributed by atoms with Crippen molar-refractivity contribution >= 4 is 18.1 Å². The van der Waals surface area contributed by atoms with E-state index in [0.717, 1.165) is 17.3 Å². The van der Waals surface area contributed by atoms with Crippen molar-refractivity contribution in [3.8, 4) is 17.1 Å². The predicted octanol–water partition coefficient (Wildman–Crippen LogP) is 3.54. The summed E-state index contributed by atoms with van der Waals surface area (Å²) in [5, 5.41) is 9.07. The van der Waals surface area contributed by atoms with Gasteiger partial charge in [-0.05, 0) is 13.0 Å². The van der Waals surface area contributed by atoms with E-state index in [0.29, 0.717) is 28.8 Å². The molecule has 36 heavy (non-hydrogen) atoms. The van der Waals surface area contributed by atoms with Crippen molar-refractivity contribution in [3.05, 3.63) is 58.8 Å². The molecule has 4 heterocycles. The number of rotatable bonds is 4. The van der Waals surface area contributed by atoms with E-state index in [2.05, 4.69) is 15.2 Å². The van der Waals surface area contributed by atoms with Gasteiger partial charge < -0.3 is 15.4 Å². The van der Waals surface area contributed by atoms with Gasteiger partial charge in [0.25, 0.3) is 0 Å². The van der Waals surface area contributed by atoms with Gasteiger partial charge in [-0.1, -0.05) is 0 Å². The van der Waals surface area contributed by atoms with Gasteiger partial charge in [-0.3, -0.25) is 9.67 Å². The molecule has 188 valence electrons. The summed E-state index contributed by atoms with van der Waals surface area (Å²) in [5.41, 5.74) is 7.27. The Morgan fingerprint density at radius 3 is 2.58 bits per heavy atom. The molecule has 1 atom stereocenters. The third-order valence-corrected chi connectivity index (χ3v) is 6.20. The number of pyridine rings is 1. The second-order valence-corrected chi connectivity index (χ2v) is 8.59. The Balaban J connectivity index is 1.27. The average molecular weight is 503 g/mol. The molecular formula is C23H21F4N7O2. The van der Waals surface area contributed by atoms with Crippen LogP contribution in [0.5, 0.6) is 5.75 Å². The maximum Gasteiger partial charge on any atom is 0.341 e. The molecule has 1 aromatic carbocycles. The number of hydrogen-bond acceptors (Lipinski definition) is 6. The van der Waals surface area contributed by atoms with Gasteiger partial charge in [0.1, 0.15) is 17.7 Å². The number of halogens is 4. The van der Waals surface area contributed by atoms with Crippen LogP contribution in [-0.4, -0.2) is 56.1 Å². The zero-order chi connectivity index (χ0) is 25.7. The fourth-order valence-corrected chi connectivity index (χ4v) is 4.32. The first-order valence-electron chi connectivity index (χ1n) is 11.0. The van der Waals surface area contributed by atoms with Crippen molar-refractivity contribution in [2.24, 2.45) is 12.1 Å². The van der Waals surface area contributed by atoms with Crippen LogP contribution in [0.3, 0.4) is 0 Å². The van der Waals surface area contributed by atoms with Crippen LogP contribution in [0, 0.1) is 30.2 Å². The number of carbonyl (C=O) groups is 1. The molecule has 2 aromatic heterocycles. The number of aromatic nitrogens is 3. The molecule has 9 nitrogen and oxygen atoms in total. The minimum atomic E-state index is -1.34. The van der Waals surface area contributed by atoms with Crippen LogP contribution in [0.4, 0.5) is 28.2 Å². The molecule has 1 unspecified atom stereocenters. The van der Waals surface area contributed by atoms with Crippen molar-refractivity contribution in [3.63, 3.8) is 0 Å². The van der Waals surface area contributed by atoms with E-state index in [1.807, 2.05) is 0 Å². The standard InChI is InChI=1S/C23H21F4N7O2/c1-11-21(32(2)31-22(11)28)17-7-19(16(26)8-29-17)36-13-9-33(10-13)23(35)34-18(3-4-30-34)14-5-12(24)6-15(25)20(14)27/h4-8,13,18H,3,9-10H2,1-2H3,(H2,28,31). The number of nitrogens with zero attached hydrogens (tertiary/aromatic N) is 6. The van der Waals surface area contributed by atoms with Gasteiger partial charge in [0.2, 0.25) is 0 Å². The van der Waals surface area contributed by atoms with Crippen molar-refractivity contribution in [1.29, 1.82) is 0 Å². The Morgan fingerprint density at radius 2 is 1.89 bits per heavy atom. The lowest BCUT2D eigenvalue weighted by Crippen LogP contribution is -2.59. The Hall–Kier alpha value is -4.16. The van der Waals surface area contributed by atoms with Crippen LogP contribution < -0.4 is 10.5 Å². The van der Waals surface area contributed by atoms with Gasteiger partial charge in [0.05, 0.1) is 36.7 Å². The fraction of sp³-hybridized carbons (Fsp3) is 0.304. The van der Waals surface area contributed by atoms with E-state index in [9.17, 15) is 22.4 Å². The zero-order valence-corrected chi connectivity index (χ0v) is 19.3. The first kappa shape index (κ1) is 23.6. The Labute approximate surface area is 202 Å². The third kappa shape index (κ3) is 3.99. The van der Waals surface area contributed by atoms with Crippen molar-refractivity contribution in [2.45, 2.75) is 25.5 Å². The number of hydrazone groups is 1. The topological polar surface area (TPSA) is 102 Å². The molecule has 0 spiro atoms. The minimum absolute atomic E-state index is 0.0503. The number of amides is 2. The predicted molar refractivity (Wildman–Crippen MR) is 121 cm³/mol. The van der Waals surface area contributed by atoms with Crippen molar-refractivity contribution < 1.29 is 27.1 Å². The molecule has 1 saturated heterocycles. The number of aryl methyl sites for hydroxylation is 1. The summed E-state index contributed by atoms with van der Waals surface area (Å²) in [5.74, 6) is -3.93. The maximum absolute atomic E-state index is 14.4. The lowest BCUT2D eigenvalue weighted by atomic mass is 10.0. The molecule has 3 aromatic rings. The molecule has 2 aliphatic rings. The van der Waals surface area contributed by atoms with E-state index in [1.54, 1.807) is 18.7 Å². The summed E-state index contributed by atoms with van der Waals surface area (Å²) in [6.07, 6.45) is 1.98. The second kappa shape index (κ2) is 8.81. The van der Waals surface area contributed by atoms with Gasteiger partial charge in [-0.25, -0.2) is 27.4 Å². The molecule has 2 N–H and O–H groups in total.